The summed E-state index contributed by atoms with van der Waals surface area (Å²) in [6.07, 6.45) is 5.63. The van der Waals surface area contributed by atoms with Crippen molar-refractivity contribution in [3.8, 4) is 0 Å². The average Bonchev–Trinajstić information content (AvgIpc) is 2.44. The molecule has 0 spiro atoms. The van der Waals surface area contributed by atoms with E-state index in [0.717, 1.165) is 17.8 Å². The molecule has 0 aromatic heterocycles. The minimum atomic E-state index is 0.961. The van der Waals surface area contributed by atoms with Crippen LogP contribution in [0.4, 0.5) is 0 Å². The van der Waals surface area contributed by atoms with Crippen molar-refractivity contribution < 1.29 is 0 Å². The van der Waals surface area contributed by atoms with E-state index in [4.69, 9.17) is 0 Å². The quantitative estimate of drug-likeness (QED) is 0.582. The van der Waals surface area contributed by atoms with Gasteiger partial charge in [-0.1, -0.05) is 31.2 Å². The van der Waals surface area contributed by atoms with Gasteiger partial charge in [0, 0.05) is 0 Å². The van der Waals surface area contributed by atoms with Gasteiger partial charge in [0.2, 0.25) is 0 Å². The second kappa shape index (κ2) is 3.12. The summed E-state index contributed by atoms with van der Waals surface area (Å²) in [7, 11) is 0. The Morgan fingerprint density at radius 1 is 0.929 bits per heavy atom. The monoisotopic (exact) mass is 186 g/mol. The maximum atomic E-state index is 2.47. The van der Waals surface area contributed by atoms with Crippen molar-refractivity contribution in [1.82, 2.24) is 0 Å². The highest BCUT2D eigenvalue weighted by Crippen LogP contribution is 2.43. The van der Waals surface area contributed by atoms with E-state index < -0.39 is 0 Å². The molecule has 1 fully saturated rings. The summed E-state index contributed by atoms with van der Waals surface area (Å²) in [4.78, 5) is 0. The summed E-state index contributed by atoms with van der Waals surface area (Å²) in [5.74, 6) is 2.91. The zero-order valence-corrected chi connectivity index (χ0v) is 8.87. The lowest BCUT2D eigenvalue weighted by molar-refractivity contribution is 0.349. The highest BCUT2D eigenvalue weighted by Gasteiger charge is 2.35. The van der Waals surface area contributed by atoms with Crippen LogP contribution in [-0.2, 0) is 12.8 Å². The molecule has 0 radical (unpaired) electrons. The largest absolute Gasteiger partial charge is 0.0620 e. The van der Waals surface area contributed by atoms with E-state index in [0.29, 0.717) is 0 Å². The van der Waals surface area contributed by atoms with Crippen LogP contribution in [0.15, 0.2) is 24.3 Å². The third-order valence-corrected chi connectivity index (χ3v) is 4.48. The molecule has 14 heavy (non-hydrogen) atoms. The van der Waals surface area contributed by atoms with E-state index in [2.05, 4.69) is 31.2 Å². The van der Waals surface area contributed by atoms with Crippen LogP contribution in [0.5, 0.6) is 0 Å². The third kappa shape index (κ3) is 1.20. The third-order valence-electron chi connectivity index (χ3n) is 4.48. The van der Waals surface area contributed by atoms with Crippen LogP contribution in [0, 0.1) is 17.8 Å². The molecule has 2 aliphatic carbocycles. The second-order valence-electron chi connectivity index (χ2n) is 5.13. The lowest BCUT2D eigenvalue weighted by atomic mass is 9.90. The molecule has 1 unspecified atom stereocenters. The van der Waals surface area contributed by atoms with E-state index in [1.165, 1.54) is 25.7 Å². The van der Waals surface area contributed by atoms with Crippen molar-refractivity contribution in [2.75, 3.05) is 0 Å². The summed E-state index contributed by atoms with van der Waals surface area (Å²) in [5.41, 5.74) is 3.26. The highest BCUT2D eigenvalue weighted by molar-refractivity contribution is 5.30. The molecule has 1 aromatic rings. The Hall–Kier alpha value is -0.780. The molecule has 0 nitrogen and oxygen atoms in total. The zero-order chi connectivity index (χ0) is 9.54. The normalized spacial score (nSPS) is 35.1. The van der Waals surface area contributed by atoms with Crippen molar-refractivity contribution in [1.29, 1.82) is 0 Å². The molecule has 3 rings (SSSR count). The van der Waals surface area contributed by atoms with Gasteiger partial charge >= 0.3 is 0 Å². The van der Waals surface area contributed by atoms with E-state index in [1.54, 1.807) is 11.1 Å². The molecular weight excluding hydrogens is 168 g/mol. The molecule has 0 N–H and O–H groups in total. The van der Waals surface area contributed by atoms with Crippen molar-refractivity contribution in [3.05, 3.63) is 35.4 Å². The number of hydrogen-bond donors (Lipinski definition) is 0. The van der Waals surface area contributed by atoms with E-state index in [9.17, 15) is 0 Å². The minimum Gasteiger partial charge on any atom is -0.0620 e. The molecule has 0 aliphatic heterocycles. The average molecular weight is 186 g/mol. The SMILES string of the molecule is CC1[C@@H]2CC[C@H]1Cc1ccccc1C2. The first-order chi connectivity index (χ1) is 6.84. The van der Waals surface area contributed by atoms with Gasteiger partial charge in [-0.2, -0.15) is 0 Å². The summed E-state index contributed by atoms with van der Waals surface area (Å²) in [6, 6.07) is 9.07. The van der Waals surface area contributed by atoms with Gasteiger partial charge in [-0.3, -0.25) is 0 Å². The Balaban J connectivity index is 2.01. The lowest BCUT2D eigenvalue weighted by Crippen LogP contribution is -2.10. The van der Waals surface area contributed by atoms with Gasteiger partial charge in [0.1, 0.15) is 0 Å². The van der Waals surface area contributed by atoms with Crippen LogP contribution >= 0.6 is 0 Å². The predicted molar refractivity (Wildman–Crippen MR) is 59.2 cm³/mol. The van der Waals surface area contributed by atoms with Gasteiger partial charge in [0.15, 0.2) is 0 Å². The number of hydrogen-bond acceptors (Lipinski definition) is 0. The first-order valence-electron chi connectivity index (χ1n) is 5.91. The number of rotatable bonds is 0. The topological polar surface area (TPSA) is 0 Å². The van der Waals surface area contributed by atoms with Crippen LogP contribution < -0.4 is 0 Å². The van der Waals surface area contributed by atoms with Crippen molar-refractivity contribution in [2.45, 2.75) is 32.6 Å². The van der Waals surface area contributed by atoms with Gasteiger partial charge in [-0.25, -0.2) is 0 Å². The van der Waals surface area contributed by atoms with Gasteiger partial charge in [-0.15, -0.1) is 0 Å². The van der Waals surface area contributed by atoms with Crippen LogP contribution in [0.3, 0.4) is 0 Å². The van der Waals surface area contributed by atoms with Crippen molar-refractivity contribution >= 4 is 0 Å². The molecule has 1 aromatic carbocycles. The Kier molecular flexibility index (Phi) is 1.90. The Morgan fingerprint density at radius 3 is 1.93 bits per heavy atom. The fourth-order valence-corrected chi connectivity index (χ4v) is 3.44. The van der Waals surface area contributed by atoms with Crippen molar-refractivity contribution in [2.24, 2.45) is 17.8 Å². The first kappa shape index (κ1) is 8.52. The minimum absolute atomic E-state index is 0.961. The molecule has 2 bridgehead atoms. The molecular formula is C14H18. The fraction of sp³-hybridized carbons (Fsp3) is 0.571. The van der Waals surface area contributed by atoms with E-state index in [-0.39, 0.29) is 0 Å². The molecule has 0 amide bonds. The Bertz CT molecular complexity index is 307. The van der Waals surface area contributed by atoms with Crippen molar-refractivity contribution in [3.63, 3.8) is 0 Å². The standard InChI is InChI=1S/C14H18/c1-10-11-6-7-12(10)9-14-5-3-2-4-13(14)8-11/h2-5,10-12H,6-9H2,1H3/t10?,11-,12+. The molecule has 74 valence electrons. The van der Waals surface area contributed by atoms with Gasteiger partial charge in [-0.05, 0) is 54.6 Å². The fourth-order valence-electron chi connectivity index (χ4n) is 3.44. The lowest BCUT2D eigenvalue weighted by Gasteiger charge is -2.15. The number of fused-ring (bicyclic) bond motifs is 3. The van der Waals surface area contributed by atoms with Crippen LogP contribution in [0.2, 0.25) is 0 Å². The van der Waals surface area contributed by atoms with Gasteiger partial charge in [0.05, 0.1) is 0 Å². The molecule has 2 aliphatic rings. The maximum Gasteiger partial charge on any atom is -0.0245 e. The summed E-state index contributed by atoms with van der Waals surface area (Å²) in [6.45, 7) is 2.47. The summed E-state index contributed by atoms with van der Waals surface area (Å²) >= 11 is 0. The van der Waals surface area contributed by atoms with E-state index in [1.807, 2.05) is 0 Å². The van der Waals surface area contributed by atoms with Gasteiger partial charge in [0.25, 0.3) is 0 Å². The highest BCUT2D eigenvalue weighted by atomic mass is 14.4. The maximum absolute atomic E-state index is 2.47. The summed E-state index contributed by atoms with van der Waals surface area (Å²) in [5, 5.41) is 0. The predicted octanol–water partition coefficient (Wildman–Crippen LogP) is 3.45. The Morgan fingerprint density at radius 2 is 1.43 bits per heavy atom. The molecule has 0 heteroatoms. The molecule has 3 atom stereocenters. The van der Waals surface area contributed by atoms with Crippen LogP contribution in [0.1, 0.15) is 30.9 Å². The molecule has 0 heterocycles. The number of benzene rings is 1. The first-order valence-corrected chi connectivity index (χ1v) is 5.91. The van der Waals surface area contributed by atoms with Gasteiger partial charge < -0.3 is 0 Å². The smallest absolute Gasteiger partial charge is 0.0245 e. The summed E-state index contributed by atoms with van der Waals surface area (Å²) < 4.78 is 0. The van der Waals surface area contributed by atoms with E-state index >= 15 is 0 Å². The molecule has 0 saturated heterocycles. The molecule has 1 saturated carbocycles. The van der Waals surface area contributed by atoms with Crippen LogP contribution in [0.25, 0.3) is 0 Å². The van der Waals surface area contributed by atoms with Crippen LogP contribution in [-0.4, -0.2) is 0 Å². The zero-order valence-electron chi connectivity index (χ0n) is 8.87. The second-order valence-corrected chi connectivity index (χ2v) is 5.13. The Labute approximate surface area is 86.3 Å².